The Balaban J connectivity index is 2.40. The van der Waals surface area contributed by atoms with Gasteiger partial charge in [-0.2, -0.15) is 0 Å². The number of carbonyl (C=O) groups is 2. The fourth-order valence-electron chi connectivity index (χ4n) is 1.80. The molecule has 1 atom stereocenters. The van der Waals surface area contributed by atoms with Crippen LogP contribution in [0.1, 0.15) is 19.8 Å². The van der Waals surface area contributed by atoms with Crippen LogP contribution in [0.15, 0.2) is 24.3 Å². The van der Waals surface area contributed by atoms with Crippen molar-refractivity contribution in [1.82, 2.24) is 4.90 Å². The molecular weight excluding hydrogens is 206 g/mol. The third-order valence-corrected chi connectivity index (χ3v) is 2.60. The number of rotatable bonds is 4. The number of carboxylic acids is 1. The van der Waals surface area contributed by atoms with Crippen molar-refractivity contribution in [3.8, 4) is 0 Å². The third kappa shape index (κ3) is 3.88. The highest BCUT2D eigenvalue weighted by atomic mass is 16.4. The molecule has 1 aliphatic rings. The first-order valence-electron chi connectivity index (χ1n) is 5.43. The van der Waals surface area contributed by atoms with Gasteiger partial charge in [-0.15, -0.1) is 0 Å². The predicted octanol–water partition coefficient (Wildman–Crippen LogP) is 1.44. The highest BCUT2D eigenvalue weighted by Crippen LogP contribution is 2.19. The van der Waals surface area contributed by atoms with Gasteiger partial charge < -0.3 is 10.0 Å². The quantitative estimate of drug-likeness (QED) is 0.579. The Bertz CT molecular complexity index is 320. The lowest BCUT2D eigenvalue weighted by molar-refractivity contribution is -0.138. The summed E-state index contributed by atoms with van der Waals surface area (Å²) in [6, 6.07) is 0. The highest BCUT2D eigenvalue weighted by molar-refractivity contribution is 5.88. The molecule has 1 heterocycles. The van der Waals surface area contributed by atoms with Crippen molar-refractivity contribution in [2.75, 3.05) is 13.1 Å². The lowest BCUT2D eigenvalue weighted by Crippen LogP contribution is -2.27. The van der Waals surface area contributed by atoms with Crippen molar-refractivity contribution in [3.05, 3.63) is 24.3 Å². The molecule has 1 unspecified atom stereocenters. The second-order valence-corrected chi connectivity index (χ2v) is 3.92. The van der Waals surface area contributed by atoms with E-state index < -0.39 is 5.97 Å². The third-order valence-electron chi connectivity index (χ3n) is 2.60. The number of aliphatic carboxylic acids is 1. The van der Waals surface area contributed by atoms with Crippen molar-refractivity contribution in [2.24, 2.45) is 5.92 Å². The highest BCUT2D eigenvalue weighted by Gasteiger charge is 2.26. The van der Waals surface area contributed by atoms with E-state index in [9.17, 15) is 9.59 Å². The van der Waals surface area contributed by atoms with Crippen LogP contribution in [0, 0.1) is 5.92 Å². The van der Waals surface area contributed by atoms with E-state index in [4.69, 9.17) is 5.11 Å². The number of likely N-dealkylation sites (tertiary alicyclic amines) is 1. The van der Waals surface area contributed by atoms with Crippen molar-refractivity contribution in [2.45, 2.75) is 19.8 Å². The first kappa shape index (κ1) is 12.5. The Morgan fingerprint density at radius 3 is 2.81 bits per heavy atom. The SMILES string of the molecule is CC=CC=CC(=O)N1CCC(CC(=O)O)C1. The fraction of sp³-hybridized carbons (Fsp3) is 0.500. The summed E-state index contributed by atoms with van der Waals surface area (Å²) in [6.07, 6.45) is 7.80. The van der Waals surface area contributed by atoms with Crippen LogP contribution in [0.5, 0.6) is 0 Å². The van der Waals surface area contributed by atoms with Gasteiger partial charge in [0.1, 0.15) is 0 Å². The summed E-state index contributed by atoms with van der Waals surface area (Å²) in [4.78, 5) is 23.8. The number of hydrogen-bond acceptors (Lipinski definition) is 2. The molecule has 16 heavy (non-hydrogen) atoms. The van der Waals surface area contributed by atoms with E-state index in [1.165, 1.54) is 6.08 Å². The first-order chi connectivity index (χ1) is 7.63. The molecule has 1 saturated heterocycles. The van der Waals surface area contributed by atoms with E-state index in [1.807, 2.05) is 13.0 Å². The van der Waals surface area contributed by atoms with Gasteiger partial charge in [-0.05, 0) is 19.3 Å². The van der Waals surface area contributed by atoms with E-state index >= 15 is 0 Å². The maximum atomic E-state index is 11.6. The van der Waals surface area contributed by atoms with E-state index in [0.717, 1.165) is 6.42 Å². The summed E-state index contributed by atoms with van der Waals surface area (Å²) >= 11 is 0. The van der Waals surface area contributed by atoms with Crippen LogP contribution in [-0.2, 0) is 9.59 Å². The molecule has 1 fully saturated rings. The summed E-state index contributed by atoms with van der Waals surface area (Å²) in [5, 5.41) is 8.65. The van der Waals surface area contributed by atoms with E-state index in [2.05, 4.69) is 0 Å². The number of nitrogens with zero attached hydrogens (tertiary/aromatic N) is 1. The number of hydrogen-bond donors (Lipinski definition) is 1. The van der Waals surface area contributed by atoms with Gasteiger partial charge in [0, 0.05) is 25.6 Å². The molecule has 4 nitrogen and oxygen atoms in total. The van der Waals surface area contributed by atoms with Gasteiger partial charge in [-0.1, -0.05) is 18.2 Å². The van der Waals surface area contributed by atoms with Gasteiger partial charge >= 0.3 is 5.97 Å². The first-order valence-corrected chi connectivity index (χ1v) is 5.43. The molecule has 0 spiro atoms. The Kier molecular flexibility index (Phi) is 4.76. The van der Waals surface area contributed by atoms with E-state index in [-0.39, 0.29) is 18.2 Å². The van der Waals surface area contributed by atoms with Crippen molar-refractivity contribution < 1.29 is 14.7 Å². The molecule has 4 heteroatoms. The zero-order chi connectivity index (χ0) is 12.0. The van der Waals surface area contributed by atoms with Gasteiger partial charge in [0.05, 0.1) is 0 Å². The average Bonchev–Trinajstić information content (AvgIpc) is 2.65. The molecule has 0 aliphatic carbocycles. The molecule has 0 aromatic carbocycles. The number of allylic oxidation sites excluding steroid dienone is 3. The second kappa shape index (κ2) is 6.10. The Labute approximate surface area is 95.2 Å². The summed E-state index contributed by atoms with van der Waals surface area (Å²) < 4.78 is 0. The van der Waals surface area contributed by atoms with Crippen LogP contribution in [0.25, 0.3) is 0 Å². The molecule has 0 bridgehead atoms. The lowest BCUT2D eigenvalue weighted by atomic mass is 10.1. The lowest BCUT2D eigenvalue weighted by Gasteiger charge is -2.13. The van der Waals surface area contributed by atoms with Crippen LogP contribution >= 0.6 is 0 Å². The van der Waals surface area contributed by atoms with Crippen molar-refractivity contribution in [1.29, 1.82) is 0 Å². The average molecular weight is 223 g/mol. The van der Waals surface area contributed by atoms with Gasteiger partial charge in [0.15, 0.2) is 0 Å². The fourth-order valence-corrected chi connectivity index (χ4v) is 1.80. The standard InChI is InChI=1S/C12H17NO3/c1-2-3-4-5-11(14)13-7-6-10(9-13)8-12(15)16/h2-5,10H,6-9H2,1H3,(H,15,16). The zero-order valence-electron chi connectivity index (χ0n) is 9.43. The second-order valence-electron chi connectivity index (χ2n) is 3.92. The zero-order valence-corrected chi connectivity index (χ0v) is 9.43. The molecule has 1 aliphatic heterocycles. The molecule has 1 amide bonds. The minimum Gasteiger partial charge on any atom is -0.481 e. The van der Waals surface area contributed by atoms with Crippen molar-refractivity contribution >= 4 is 11.9 Å². The van der Waals surface area contributed by atoms with Crippen molar-refractivity contribution in [3.63, 3.8) is 0 Å². The normalized spacial score (nSPS) is 21.1. The Hall–Kier alpha value is -1.58. The molecule has 0 radical (unpaired) electrons. The van der Waals surface area contributed by atoms with Gasteiger partial charge in [-0.25, -0.2) is 0 Å². The molecule has 1 N–H and O–H groups in total. The minimum absolute atomic E-state index is 0.0361. The van der Waals surface area contributed by atoms with Gasteiger partial charge in [0.25, 0.3) is 0 Å². The molecule has 0 aromatic heterocycles. The number of amides is 1. The van der Waals surface area contributed by atoms with Crippen LogP contribution in [-0.4, -0.2) is 35.0 Å². The van der Waals surface area contributed by atoms with Gasteiger partial charge in [0.2, 0.25) is 5.91 Å². The Morgan fingerprint density at radius 2 is 2.19 bits per heavy atom. The van der Waals surface area contributed by atoms with E-state index in [1.54, 1.807) is 17.1 Å². The summed E-state index contributed by atoms with van der Waals surface area (Å²) in [5.41, 5.74) is 0. The Morgan fingerprint density at radius 1 is 1.44 bits per heavy atom. The smallest absolute Gasteiger partial charge is 0.303 e. The number of carboxylic acid groups (broad SMARTS) is 1. The van der Waals surface area contributed by atoms with Crippen LogP contribution in [0.4, 0.5) is 0 Å². The molecule has 0 aromatic rings. The monoisotopic (exact) mass is 223 g/mol. The largest absolute Gasteiger partial charge is 0.481 e. The summed E-state index contributed by atoms with van der Waals surface area (Å²) in [6.45, 7) is 3.11. The molecule has 0 saturated carbocycles. The van der Waals surface area contributed by atoms with Gasteiger partial charge in [-0.3, -0.25) is 9.59 Å². The molecular formula is C12H17NO3. The molecule has 1 rings (SSSR count). The number of carbonyl (C=O) groups excluding carboxylic acids is 1. The summed E-state index contributed by atoms with van der Waals surface area (Å²) in [5.74, 6) is -0.716. The maximum absolute atomic E-state index is 11.6. The summed E-state index contributed by atoms with van der Waals surface area (Å²) in [7, 11) is 0. The molecule has 88 valence electrons. The van der Waals surface area contributed by atoms with Crippen LogP contribution in [0.3, 0.4) is 0 Å². The maximum Gasteiger partial charge on any atom is 0.303 e. The predicted molar refractivity (Wildman–Crippen MR) is 60.9 cm³/mol. The van der Waals surface area contributed by atoms with E-state index in [0.29, 0.717) is 13.1 Å². The van der Waals surface area contributed by atoms with Crippen LogP contribution in [0.2, 0.25) is 0 Å². The topological polar surface area (TPSA) is 57.6 Å². The van der Waals surface area contributed by atoms with Crippen LogP contribution < -0.4 is 0 Å². The minimum atomic E-state index is -0.788.